The Morgan fingerprint density at radius 1 is 1.27 bits per heavy atom. The molecule has 1 N–H and O–H groups in total. The van der Waals surface area contributed by atoms with E-state index in [1.807, 2.05) is 0 Å². The maximum absolute atomic E-state index is 3.43. The quantitative estimate of drug-likeness (QED) is 0.768. The highest BCUT2D eigenvalue weighted by Crippen LogP contribution is 2.38. The van der Waals surface area contributed by atoms with Gasteiger partial charge in [0.25, 0.3) is 0 Å². The molecular weight excluding hydrogens is 184 g/mol. The van der Waals surface area contributed by atoms with Crippen LogP contribution in [0.25, 0.3) is 0 Å². The number of likely N-dealkylation sites (tertiary alicyclic amines) is 1. The third-order valence-electron chi connectivity index (χ3n) is 4.33. The lowest BCUT2D eigenvalue weighted by molar-refractivity contribution is 0.127. The molecule has 0 aromatic rings. The first-order valence-corrected chi connectivity index (χ1v) is 6.61. The topological polar surface area (TPSA) is 15.3 Å². The van der Waals surface area contributed by atoms with Crippen LogP contribution in [0.3, 0.4) is 0 Å². The number of hydrogen-bond acceptors (Lipinski definition) is 2. The second kappa shape index (κ2) is 4.84. The summed E-state index contributed by atoms with van der Waals surface area (Å²) < 4.78 is 0. The van der Waals surface area contributed by atoms with Gasteiger partial charge in [0.2, 0.25) is 0 Å². The van der Waals surface area contributed by atoms with E-state index in [4.69, 9.17) is 0 Å². The van der Waals surface area contributed by atoms with Crippen LogP contribution in [0, 0.1) is 5.41 Å². The predicted octanol–water partition coefficient (Wildman–Crippen LogP) is 2.25. The lowest BCUT2D eigenvalue weighted by atomic mass is 9.87. The van der Waals surface area contributed by atoms with Gasteiger partial charge in [0, 0.05) is 19.1 Å². The van der Waals surface area contributed by atoms with Crippen LogP contribution in [0.4, 0.5) is 0 Å². The summed E-state index contributed by atoms with van der Waals surface area (Å²) in [5.41, 5.74) is 0.635. The second-order valence-electron chi connectivity index (χ2n) is 5.88. The van der Waals surface area contributed by atoms with Gasteiger partial charge in [0.15, 0.2) is 0 Å². The molecule has 1 heterocycles. The molecule has 2 nitrogen and oxygen atoms in total. The van der Waals surface area contributed by atoms with Crippen LogP contribution in [0.15, 0.2) is 0 Å². The lowest BCUT2D eigenvalue weighted by Gasteiger charge is -2.37. The molecule has 1 aliphatic heterocycles. The van der Waals surface area contributed by atoms with E-state index in [9.17, 15) is 0 Å². The molecule has 0 aromatic heterocycles. The van der Waals surface area contributed by atoms with Crippen molar-refractivity contribution in [3.63, 3.8) is 0 Å². The molecule has 0 bridgehead atoms. The average molecular weight is 210 g/mol. The zero-order valence-corrected chi connectivity index (χ0v) is 10.4. The minimum Gasteiger partial charge on any atom is -0.316 e. The summed E-state index contributed by atoms with van der Waals surface area (Å²) in [7, 11) is 2.10. The minimum atomic E-state index is 0.635. The summed E-state index contributed by atoms with van der Waals surface area (Å²) in [6, 6.07) is 0.740. The van der Waals surface area contributed by atoms with Crippen molar-refractivity contribution >= 4 is 0 Å². The molecule has 0 spiro atoms. The van der Waals surface area contributed by atoms with E-state index in [0.29, 0.717) is 5.41 Å². The van der Waals surface area contributed by atoms with Crippen LogP contribution in [-0.2, 0) is 0 Å². The number of likely N-dealkylation sites (N-methyl/N-ethyl adjacent to an activating group) is 1. The second-order valence-corrected chi connectivity index (χ2v) is 5.88. The molecule has 1 aliphatic carbocycles. The number of rotatable bonds is 3. The summed E-state index contributed by atoms with van der Waals surface area (Å²) >= 11 is 0. The van der Waals surface area contributed by atoms with Crippen molar-refractivity contribution in [2.24, 2.45) is 5.41 Å². The molecule has 2 aliphatic rings. The molecule has 88 valence electrons. The molecule has 0 radical (unpaired) electrons. The van der Waals surface area contributed by atoms with E-state index < -0.39 is 0 Å². The van der Waals surface area contributed by atoms with Gasteiger partial charge in [-0.1, -0.05) is 19.8 Å². The van der Waals surface area contributed by atoms with Crippen LogP contribution in [0.2, 0.25) is 0 Å². The fourth-order valence-corrected chi connectivity index (χ4v) is 3.36. The summed E-state index contributed by atoms with van der Waals surface area (Å²) in [6.07, 6.45) is 8.56. The van der Waals surface area contributed by atoms with E-state index in [2.05, 4.69) is 24.2 Å². The molecular formula is C13H26N2. The van der Waals surface area contributed by atoms with Crippen molar-refractivity contribution in [1.29, 1.82) is 0 Å². The van der Waals surface area contributed by atoms with Gasteiger partial charge in [-0.15, -0.1) is 0 Å². The lowest BCUT2D eigenvalue weighted by Crippen LogP contribution is -2.47. The monoisotopic (exact) mass is 210 g/mol. The largest absolute Gasteiger partial charge is 0.316 e. The highest BCUT2D eigenvalue weighted by atomic mass is 15.2. The van der Waals surface area contributed by atoms with Gasteiger partial charge in [-0.2, -0.15) is 0 Å². The van der Waals surface area contributed by atoms with Gasteiger partial charge in [0.05, 0.1) is 0 Å². The summed E-state index contributed by atoms with van der Waals surface area (Å²) in [6.45, 7) is 6.42. The van der Waals surface area contributed by atoms with Crippen LogP contribution in [-0.4, -0.2) is 37.6 Å². The van der Waals surface area contributed by atoms with Crippen molar-refractivity contribution in [1.82, 2.24) is 10.2 Å². The molecule has 2 rings (SSSR count). The standard InChI is InChI=1S/C13H26N2/c1-13(7-3-4-8-13)11-15-9-5-6-12(10-15)14-2/h12,14H,3-11H2,1-2H3. The van der Waals surface area contributed by atoms with Gasteiger partial charge >= 0.3 is 0 Å². The molecule has 0 amide bonds. The molecule has 2 heteroatoms. The highest BCUT2D eigenvalue weighted by Gasteiger charge is 2.32. The Morgan fingerprint density at radius 3 is 2.67 bits per heavy atom. The Balaban J connectivity index is 1.83. The first-order chi connectivity index (χ1) is 7.22. The molecule has 1 atom stereocenters. The summed E-state index contributed by atoms with van der Waals surface area (Å²) in [5, 5.41) is 3.43. The van der Waals surface area contributed by atoms with Crippen LogP contribution in [0.5, 0.6) is 0 Å². The normalized spacial score (nSPS) is 32.0. The van der Waals surface area contributed by atoms with E-state index in [1.54, 1.807) is 0 Å². The van der Waals surface area contributed by atoms with E-state index in [1.165, 1.54) is 58.2 Å². The first kappa shape index (κ1) is 11.4. The van der Waals surface area contributed by atoms with Gasteiger partial charge in [-0.25, -0.2) is 0 Å². The van der Waals surface area contributed by atoms with Crippen LogP contribution >= 0.6 is 0 Å². The Labute approximate surface area is 94.4 Å². The number of nitrogens with one attached hydrogen (secondary N) is 1. The molecule has 2 fully saturated rings. The Hall–Kier alpha value is -0.0800. The van der Waals surface area contributed by atoms with Gasteiger partial charge in [-0.3, -0.25) is 0 Å². The summed E-state index contributed by atoms with van der Waals surface area (Å²) in [5.74, 6) is 0. The Kier molecular flexibility index (Phi) is 3.68. The molecule has 1 saturated heterocycles. The maximum Gasteiger partial charge on any atom is 0.0192 e. The van der Waals surface area contributed by atoms with Gasteiger partial charge in [-0.05, 0) is 44.7 Å². The first-order valence-electron chi connectivity index (χ1n) is 6.61. The Morgan fingerprint density at radius 2 is 2.00 bits per heavy atom. The molecule has 15 heavy (non-hydrogen) atoms. The zero-order valence-electron chi connectivity index (χ0n) is 10.4. The molecule has 1 saturated carbocycles. The summed E-state index contributed by atoms with van der Waals surface area (Å²) in [4.78, 5) is 2.69. The van der Waals surface area contributed by atoms with Crippen molar-refractivity contribution in [2.75, 3.05) is 26.7 Å². The number of nitrogens with zero attached hydrogens (tertiary/aromatic N) is 1. The number of hydrogen-bond donors (Lipinski definition) is 1. The van der Waals surface area contributed by atoms with Crippen molar-refractivity contribution < 1.29 is 0 Å². The average Bonchev–Trinajstić information content (AvgIpc) is 2.65. The third kappa shape index (κ3) is 2.94. The molecule has 0 aromatic carbocycles. The smallest absolute Gasteiger partial charge is 0.0192 e. The van der Waals surface area contributed by atoms with Crippen molar-refractivity contribution in [2.45, 2.75) is 51.5 Å². The van der Waals surface area contributed by atoms with Crippen molar-refractivity contribution in [3.8, 4) is 0 Å². The number of piperidine rings is 1. The SMILES string of the molecule is CNC1CCCN(CC2(C)CCCC2)C1. The third-order valence-corrected chi connectivity index (χ3v) is 4.33. The minimum absolute atomic E-state index is 0.635. The van der Waals surface area contributed by atoms with E-state index >= 15 is 0 Å². The predicted molar refractivity (Wildman–Crippen MR) is 65.1 cm³/mol. The van der Waals surface area contributed by atoms with E-state index in [-0.39, 0.29) is 0 Å². The fraction of sp³-hybridized carbons (Fsp3) is 1.00. The van der Waals surface area contributed by atoms with Crippen LogP contribution in [0.1, 0.15) is 45.4 Å². The van der Waals surface area contributed by atoms with Crippen molar-refractivity contribution in [3.05, 3.63) is 0 Å². The van der Waals surface area contributed by atoms with Gasteiger partial charge in [0.1, 0.15) is 0 Å². The van der Waals surface area contributed by atoms with Crippen LogP contribution < -0.4 is 5.32 Å². The van der Waals surface area contributed by atoms with Gasteiger partial charge < -0.3 is 10.2 Å². The fourth-order valence-electron chi connectivity index (χ4n) is 3.36. The molecule has 1 unspecified atom stereocenters. The highest BCUT2D eigenvalue weighted by molar-refractivity contribution is 4.86. The van der Waals surface area contributed by atoms with E-state index in [0.717, 1.165) is 6.04 Å². The Bertz CT molecular complexity index is 197. The zero-order chi connectivity index (χ0) is 10.7. The maximum atomic E-state index is 3.43.